The van der Waals surface area contributed by atoms with Crippen LogP contribution in [0.5, 0.6) is 0 Å². The van der Waals surface area contributed by atoms with E-state index in [1.165, 1.54) is 12.0 Å². The molecule has 5 heteroatoms. The molecule has 2 atom stereocenters. The van der Waals surface area contributed by atoms with Crippen LogP contribution in [0.2, 0.25) is 0 Å². The molecule has 0 aromatic carbocycles. The molecule has 0 spiro atoms. The van der Waals surface area contributed by atoms with Crippen LogP contribution in [0.4, 0.5) is 0 Å². The van der Waals surface area contributed by atoms with Crippen LogP contribution in [0.1, 0.15) is 20.8 Å². The lowest BCUT2D eigenvalue weighted by Gasteiger charge is -2.30. The van der Waals surface area contributed by atoms with Crippen molar-refractivity contribution in [2.45, 2.75) is 32.9 Å². The van der Waals surface area contributed by atoms with Gasteiger partial charge in [-0.05, 0) is 5.41 Å². The zero-order chi connectivity index (χ0) is 12.9. The van der Waals surface area contributed by atoms with Crippen LogP contribution >= 0.6 is 0 Å². The largest absolute Gasteiger partial charge is 0.389 e. The fourth-order valence-electron chi connectivity index (χ4n) is 1.26. The molecule has 0 saturated carbocycles. The van der Waals surface area contributed by atoms with E-state index >= 15 is 0 Å². The molecule has 0 radical (unpaired) electrons. The highest BCUT2D eigenvalue weighted by Gasteiger charge is 2.30. The summed E-state index contributed by atoms with van der Waals surface area (Å²) in [6.07, 6.45) is -0.675. The zero-order valence-electron chi connectivity index (χ0n) is 10.9. The number of nitrogens with zero attached hydrogens (tertiary/aromatic N) is 1. The molecule has 0 aliphatic carbocycles. The van der Waals surface area contributed by atoms with Crippen LogP contribution in [0.15, 0.2) is 0 Å². The molecular weight excluding hydrogens is 208 g/mol. The number of nitrogens with two attached hydrogens (primary N) is 1. The first-order valence-electron chi connectivity index (χ1n) is 5.37. The van der Waals surface area contributed by atoms with E-state index in [-0.39, 0.29) is 24.5 Å². The number of aliphatic hydroxyl groups excluding tert-OH is 1. The molecule has 0 aliphatic heterocycles. The number of hydrogen-bond acceptors (Lipinski definition) is 4. The maximum absolute atomic E-state index is 11.9. The molecule has 0 bridgehead atoms. The highest BCUT2D eigenvalue weighted by molar-refractivity contribution is 5.82. The van der Waals surface area contributed by atoms with Crippen molar-refractivity contribution in [3.8, 4) is 0 Å². The Balaban J connectivity index is 4.28. The predicted molar refractivity (Wildman–Crippen MR) is 63.0 cm³/mol. The first-order chi connectivity index (χ1) is 7.20. The van der Waals surface area contributed by atoms with Crippen molar-refractivity contribution >= 4 is 5.91 Å². The van der Waals surface area contributed by atoms with E-state index in [0.29, 0.717) is 0 Å². The van der Waals surface area contributed by atoms with Crippen molar-refractivity contribution in [2.24, 2.45) is 11.1 Å². The number of aliphatic hydroxyl groups is 1. The summed E-state index contributed by atoms with van der Waals surface area (Å²) in [5.74, 6) is -0.164. The molecule has 1 amide bonds. The van der Waals surface area contributed by atoms with Crippen molar-refractivity contribution in [1.29, 1.82) is 0 Å². The predicted octanol–water partition coefficient (Wildman–Crippen LogP) is -0.174. The monoisotopic (exact) mass is 232 g/mol. The Morgan fingerprint density at radius 2 is 2.00 bits per heavy atom. The van der Waals surface area contributed by atoms with E-state index in [1.807, 2.05) is 20.8 Å². The molecular formula is C11H24N2O3. The van der Waals surface area contributed by atoms with Gasteiger partial charge in [0.05, 0.1) is 18.8 Å². The molecule has 5 nitrogen and oxygen atoms in total. The van der Waals surface area contributed by atoms with Crippen molar-refractivity contribution in [2.75, 3.05) is 27.3 Å². The fourth-order valence-corrected chi connectivity index (χ4v) is 1.26. The molecule has 16 heavy (non-hydrogen) atoms. The number of methoxy groups -OCH3 is 1. The molecule has 0 heterocycles. The Morgan fingerprint density at radius 1 is 1.50 bits per heavy atom. The number of rotatable bonds is 5. The number of amides is 1. The molecule has 0 aromatic heterocycles. The summed E-state index contributed by atoms with van der Waals surface area (Å²) in [7, 11) is 3.14. The smallest absolute Gasteiger partial charge is 0.239 e. The Hall–Kier alpha value is -0.650. The van der Waals surface area contributed by atoms with Crippen LogP contribution in [0.25, 0.3) is 0 Å². The van der Waals surface area contributed by atoms with Gasteiger partial charge in [-0.15, -0.1) is 0 Å². The zero-order valence-corrected chi connectivity index (χ0v) is 10.9. The summed E-state index contributed by atoms with van der Waals surface area (Å²) in [6.45, 7) is 6.18. The molecule has 1 unspecified atom stereocenters. The summed E-state index contributed by atoms with van der Waals surface area (Å²) in [5.41, 5.74) is 5.56. The minimum Gasteiger partial charge on any atom is -0.389 e. The average molecular weight is 232 g/mol. The highest BCUT2D eigenvalue weighted by atomic mass is 16.5. The van der Waals surface area contributed by atoms with Crippen molar-refractivity contribution in [3.63, 3.8) is 0 Å². The van der Waals surface area contributed by atoms with Crippen LogP contribution in [0, 0.1) is 5.41 Å². The topological polar surface area (TPSA) is 75.8 Å². The minimum absolute atomic E-state index is 0.164. The summed E-state index contributed by atoms with van der Waals surface area (Å²) < 4.78 is 4.79. The van der Waals surface area contributed by atoms with Gasteiger partial charge < -0.3 is 20.5 Å². The molecule has 0 fully saturated rings. The Bertz CT molecular complexity index is 226. The van der Waals surface area contributed by atoms with Gasteiger partial charge in [-0.2, -0.15) is 0 Å². The highest BCUT2D eigenvalue weighted by Crippen LogP contribution is 2.18. The lowest BCUT2D eigenvalue weighted by atomic mass is 9.86. The third-order valence-electron chi connectivity index (χ3n) is 2.42. The molecule has 0 rings (SSSR count). The average Bonchev–Trinajstić information content (AvgIpc) is 2.14. The summed E-state index contributed by atoms with van der Waals surface area (Å²) in [5, 5.41) is 9.49. The SMILES string of the molecule is COCC(O)CN(C)C(=O)[C@H](N)C(C)(C)C. The summed E-state index contributed by atoms with van der Waals surface area (Å²) >= 11 is 0. The van der Waals surface area contributed by atoms with Gasteiger partial charge in [0.15, 0.2) is 0 Å². The fraction of sp³-hybridized carbons (Fsp3) is 0.909. The third kappa shape index (κ3) is 4.92. The molecule has 0 aromatic rings. The number of hydrogen-bond donors (Lipinski definition) is 2. The number of ether oxygens (including phenoxy) is 1. The second-order valence-corrected chi connectivity index (χ2v) is 5.17. The lowest BCUT2D eigenvalue weighted by Crippen LogP contribution is -2.51. The maximum Gasteiger partial charge on any atom is 0.239 e. The van der Waals surface area contributed by atoms with E-state index in [0.717, 1.165) is 0 Å². The summed E-state index contributed by atoms with van der Waals surface area (Å²) in [4.78, 5) is 13.3. The Morgan fingerprint density at radius 3 is 2.38 bits per heavy atom. The van der Waals surface area contributed by atoms with E-state index in [2.05, 4.69) is 0 Å². The van der Waals surface area contributed by atoms with Gasteiger partial charge in [0, 0.05) is 20.7 Å². The van der Waals surface area contributed by atoms with E-state index < -0.39 is 12.1 Å². The quantitative estimate of drug-likeness (QED) is 0.690. The van der Waals surface area contributed by atoms with E-state index in [1.54, 1.807) is 7.05 Å². The molecule has 0 aliphatic rings. The van der Waals surface area contributed by atoms with Gasteiger partial charge in [-0.1, -0.05) is 20.8 Å². The first kappa shape index (κ1) is 15.3. The number of carbonyl (C=O) groups is 1. The van der Waals surface area contributed by atoms with Crippen LogP contribution in [-0.2, 0) is 9.53 Å². The van der Waals surface area contributed by atoms with Crippen molar-refractivity contribution in [3.05, 3.63) is 0 Å². The lowest BCUT2D eigenvalue weighted by molar-refractivity contribution is -0.135. The van der Waals surface area contributed by atoms with Crippen molar-refractivity contribution in [1.82, 2.24) is 4.90 Å². The molecule has 0 saturated heterocycles. The van der Waals surface area contributed by atoms with E-state index in [4.69, 9.17) is 10.5 Å². The van der Waals surface area contributed by atoms with Crippen LogP contribution < -0.4 is 5.73 Å². The van der Waals surface area contributed by atoms with Gasteiger partial charge in [0.2, 0.25) is 5.91 Å². The van der Waals surface area contributed by atoms with Crippen molar-refractivity contribution < 1.29 is 14.6 Å². The van der Waals surface area contributed by atoms with E-state index in [9.17, 15) is 9.90 Å². The number of likely N-dealkylation sites (N-methyl/N-ethyl adjacent to an activating group) is 1. The standard InChI is InChI=1S/C11H24N2O3/c1-11(2,3)9(12)10(15)13(4)6-8(14)7-16-5/h8-9,14H,6-7,12H2,1-5H3/t8?,9-/m0/s1. The summed E-state index contributed by atoms with van der Waals surface area (Å²) in [6, 6.07) is -0.563. The van der Waals surface area contributed by atoms with Gasteiger partial charge in [-0.3, -0.25) is 4.79 Å². The third-order valence-corrected chi connectivity index (χ3v) is 2.42. The van der Waals surface area contributed by atoms with Gasteiger partial charge in [0.1, 0.15) is 0 Å². The normalized spacial score (nSPS) is 15.7. The molecule has 3 N–H and O–H groups in total. The Kier molecular flexibility index (Phi) is 5.92. The van der Waals surface area contributed by atoms with Gasteiger partial charge in [-0.25, -0.2) is 0 Å². The second kappa shape index (κ2) is 6.18. The maximum atomic E-state index is 11.9. The van der Waals surface area contributed by atoms with Gasteiger partial charge in [0.25, 0.3) is 0 Å². The van der Waals surface area contributed by atoms with Gasteiger partial charge >= 0.3 is 0 Å². The minimum atomic E-state index is -0.675. The van der Waals surface area contributed by atoms with Crippen LogP contribution in [-0.4, -0.2) is 55.4 Å². The van der Waals surface area contributed by atoms with Crippen LogP contribution in [0.3, 0.4) is 0 Å². The molecule has 96 valence electrons. The second-order valence-electron chi connectivity index (χ2n) is 5.17. The number of carbonyl (C=O) groups excluding carboxylic acids is 1. The first-order valence-corrected chi connectivity index (χ1v) is 5.37. The Labute approximate surface area is 97.6 Å².